The molecular formula is C47H76NO8P. The Hall–Kier alpha value is -3.33. The number of phosphoric acid groups is 1. The van der Waals surface area contributed by atoms with Crippen molar-refractivity contribution in [2.24, 2.45) is 5.73 Å². The molecule has 10 heteroatoms. The quantitative estimate of drug-likeness (QED) is 0.0270. The maximum Gasteiger partial charge on any atom is 0.472 e. The van der Waals surface area contributed by atoms with Gasteiger partial charge in [-0.25, -0.2) is 4.57 Å². The molecule has 0 aromatic heterocycles. The Kier molecular flexibility index (Phi) is 39.8. The third-order valence-corrected chi connectivity index (χ3v) is 9.14. The highest BCUT2D eigenvalue weighted by Gasteiger charge is 2.25. The fourth-order valence-electron chi connectivity index (χ4n) is 5.02. The standard InChI is InChI=1S/C47H76NO8P/c1-3-5-7-9-11-13-15-17-19-21-22-24-25-27-29-31-33-35-37-39-46(49)53-43-45(44-55-57(51,52)54-42-41-48)56-47(50)40-38-36-34-32-30-28-26-23-20-18-16-14-12-10-8-6-4-2/h6,8,11-14,17-20,22,24,26-29,33,35,45H,3-5,7,9-10,15-16,21,23,25,30-32,34,36-44,48H2,1-2H3,(H,51,52)/b8-6-,13-11-,14-12-,19-17-,20-18-,24-22-,28-26-,29-27-,35-33-/t45-/m1/s1. The first-order valence-corrected chi connectivity index (χ1v) is 22.9. The van der Waals surface area contributed by atoms with Crippen molar-refractivity contribution in [3.05, 3.63) is 109 Å². The number of carbonyl (C=O) groups excluding carboxylic acids is 2. The van der Waals surface area contributed by atoms with Crippen LogP contribution in [0.1, 0.15) is 142 Å². The number of phosphoric ester groups is 1. The number of unbranched alkanes of at least 4 members (excludes halogenated alkanes) is 7. The molecule has 0 amide bonds. The van der Waals surface area contributed by atoms with E-state index >= 15 is 0 Å². The summed E-state index contributed by atoms with van der Waals surface area (Å²) < 4.78 is 32.7. The second-order valence-electron chi connectivity index (χ2n) is 13.5. The first-order chi connectivity index (χ1) is 27.8. The molecular weight excluding hydrogens is 737 g/mol. The summed E-state index contributed by atoms with van der Waals surface area (Å²) in [6.07, 6.45) is 55.6. The average Bonchev–Trinajstić information content (AvgIpc) is 3.20. The molecule has 0 saturated heterocycles. The summed E-state index contributed by atoms with van der Waals surface area (Å²) in [5.74, 6) is -0.965. The lowest BCUT2D eigenvalue weighted by molar-refractivity contribution is -0.161. The highest BCUT2D eigenvalue weighted by atomic mass is 31.2. The minimum Gasteiger partial charge on any atom is -0.462 e. The predicted molar refractivity (Wildman–Crippen MR) is 238 cm³/mol. The van der Waals surface area contributed by atoms with Gasteiger partial charge in [-0.05, 0) is 89.9 Å². The molecule has 3 N–H and O–H groups in total. The number of hydrogen-bond donors (Lipinski definition) is 2. The van der Waals surface area contributed by atoms with Crippen molar-refractivity contribution >= 4 is 19.8 Å². The Morgan fingerprint density at radius 1 is 0.544 bits per heavy atom. The summed E-state index contributed by atoms with van der Waals surface area (Å²) in [6, 6.07) is 0. The van der Waals surface area contributed by atoms with Crippen molar-refractivity contribution in [1.82, 2.24) is 0 Å². The Bertz CT molecular complexity index is 1290. The first-order valence-electron chi connectivity index (χ1n) is 21.4. The number of rotatable bonds is 38. The molecule has 0 saturated carbocycles. The molecule has 0 aromatic carbocycles. The molecule has 0 aromatic rings. The zero-order valence-electron chi connectivity index (χ0n) is 35.3. The summed E-state index contributed by atoms with van der Waals surface area (Å²) in [5.41, 5.74) is 5.34. The summed E-state index contributed by atoms with van der Waals surface area (Å²) >= 11 is 0. The number of hydrogen-bond acceptors (Lipinski definition) is 8. The molecule has 0 rings (SSSR count). The van der Waals surface area contributed by atoms with Crippen molar-refractivity contribution < 1.29 is 37.6 Å². The van der Waals surface area contributed by atoms with Gasteiger partial charge < -0.3 is 20.1 Å². The molecule has 0 bridgehead atoms. The lowest BCUT2D eigenvalue weighted by Gasteiger charge is -2.19. The fraction of sp³-hybridized carbons (Fsp3) is 0.574. The number of carbonyl (C=O) groups is 2. The topological polar surface area (TPSA) is 134 Å². The average molecular weight is 814 g/mol. The summed E-state index contributed by atoms with van der Waals surface area (Å²) in [7, 11) is -4.41. The van der Waals surface area contributed by atoms with Crippen LogP contribution in [0.15, 0.2) is 109 Å². The summed E-state index contributed by atoms with van der Waals surface area (Å²) in [4.78, 5) is 34.8. The number of allylic oxidation sites excluding steroid dienone is 18. The van der Waals surface area contributed by atoms with E-state index in [2.05, 4.69) is 111 Å². The number of esters is 2. The van der Waals surface area contributed by atoms with Gasteiger partial charge in [0.05, 0.1) is 13.2 Å². The van der Waals surface area contributed by atoms with E-state index in [1.807, 2.05) is 12.2 Å². The van der Waals surface area contributed by atoms with E-state index in [0.717, 1.165) is 77.0 Å². The second-order valence-corrected chi connectivity index (χ2v) is 14.9. The molecule has 0 heterocycles. The van der Waals surface area contributed by atoms with Gasteiger partial charge in [-0.3, -0.25) is 18.6 Å². The van der Waals surface area contributed by atoms with Crippen LogP contribution in [0.2, 0.25) is 0 Å². The van der Waals surface area contributed by atoms with Gasteiger partial charge in [-0.1, -0.05) is 149 Å². The van der Waals surface area contributed by atoms with Crippen molar-refractivity contribution in [2.45, 2.75) is 148 Å². The predicted octanol–water partition coefficient (Wildman–Crippen LogP) is 12.4. The molecule has 1 unspecified atom stereocenters. The lowest BCUT2D eigenvalue weighted by Crippen LogP contribution is -2.29. The van der Waals surface area contributed by atoms with Gasteiger partial charge in [0, 0.05) is 19.4 Å². The zero-order valence-corrected chi connectivity index (χ0v) is 36.2. The van der Waals surface area contributed by atoms with Crippen molar-refractivity contribution in [3.8, 4) is 0 Å². The van der Waals surface area contributed by atoms with Crippen LogP contribution in [-0.2, 0) is 32.7 Å². The molecule has 322 valence electrons. The van der Waals surface area contributed by atoms with Gasteiger partial charge in [-0.15, -0.1) is 0 Å². The van der Waals surface area contributed by atoms with Gasteiger partial charge in [0.2, 0.25) is 0 Å². The van der Waals surface area contributed by atoms with Gasteiger partial charge >= 0.3 is 19.8 Å². The normalized spacial score (nSPS) is 14.4. The summed E-state index contributed by atoms with van der Waals surface area (Å²) in [6.45, 7) is 3.44. The molecule has 9 nitrogen and oxygen atoms in total. The molecule has 0 fully saturated rings. The van der Waals surface area contributed by atoms with Gasteiger partial charge in [0.25, 0.3) is 0 Å². The van der Waals surface area contributed by atoms with Gasteiger partial charge in [0.1, 0.15) is 6.61 Å². The Balaban J connectivity index is 4.36. The monoisotopic (exact) mass is 814 g/mol. The molecule has 0 spiro atoms. The van der Waals surface area contributed by atoms with Crippen molar-refractivity contribution in [1.29, 1.82) is 0 Å². The highest BCUT2D eigenvalue weighted by molar-refractivity contribution is 7.47. The fourth-order valence-corrected chi connectivity index (χ4v) is 5.78. The van der Waals surface area contributed by atoms with E-state index in [0.29, 0.717) is 12.8 Å². The Morgan fingerprint density at radius 3 is 1.49 bits per heavy atom. The largest absolute Gasteiger partial charge is 0.472 e. The van der Waals surface area contributed by atoms with E-state index in [1.54, 1.807) is 0 Å². The van der Waals surface area contributed by atoms with Gasteiger partial charge in [-0.2, -0.15) is 0 Å². The smallest absolute Gasteiger partial charge is 0.462 e. The van der Waals surface area contributed by atoms with E-state index in [1.165, 1.54) is 25.7 Å². The van der Waals surface area contributed by atoms with Crippen LogP contribution in [0.4, 0.5) is 0 Å². The van der Waals surface area contributed by atoms with E-state index in [-0.39, 0.29) is 32.6 Å². The third-order valence-electron chi connectivity index (χ3n) is 8.16. The third kappa shape index (κ3) is 42.1. The molecule has 0 aliphatic heterocycles. The van der Waals surface area contributed by atoms with Gasteiger partial charge in [0.15, 0.2) is 6.10 Å². The SMILES string of the molecule is CC/C=C\C/C=C\C/C=C\C/C=C\CCCCCCC(=O)O[C@H](COC(=O)CC/C=C\C/C=C\C/C=C\C/C=C\C/C=C\CCCCC)COP(=O)(O)OCCN. The van der Waals surface area contributed by atoms with Crippen LogP contribution in [-0.4, -0.2) is 49.3 Å². The first kappa shape index (κ1) is 53.7. The maximum absolute atomic E-state index is 12.6. The molecule has 2 atom stereocenters. The van der Waals surface area contributed by atoms with E-state index in [9.17, 15) is 19.0 Å². The van der Waals surface area contributed by atoms with E-state index < -0.39 is 32.5 Å². The Labute approximate surface area is 346 Å². The zero-order chi connectivity index (χ0) is 41.8. The van der Waals surface area contributed by atoms with Crippen LogP contribution in [0.25, 0.3) is 0 Å². The number of ether oxygens (including phenoxy) is 2. The molecule has 57 heavy (non-hydrogen) atoms. The minimum atomic E-state index is -4.41. The molecule has 0 aliphatic rings. The minimum absolute atomic E-state index is 0.0331. The molecule has 0 aliphatic carbocycles. The number of nitrogens with two attached hydrogens (primary N) is 1. The summed E-state index contributed by atoms with van der Waals surface area (Å²) in [5, 5.41) is 0. The Morgan fingerprint density at radius 2 is 1.00 bits per heavy atom. The van der Waals surface area contributed by atoms with Crippen molar-refractivity contribution in [3.63, 3.8) is 0 Å². The second kappa shape index (κ2) is 42.3. The molecule has 0 radical (unpaired) electrons. The van der Waals surface area contributed by atoms with Crippen LogP contribution in [0.3, 0.4) is 0 Å². The van der Waals surface area contributed by atoms with Crippen molar-refractivity contribution in [2.75, 3.05) is 26.4 Å². The van der Waals surface area contributed by atoms with Crippen LogP contribution < -0.4 is 5.73 Å². The van der Waals surface area contributed by atoms with Crippen LogP contribution in [0, 0.1) is 0 Å². The van der Waals surface area contributed by atoms with Crippen LogP contribution in [0.5, 0.6) is 0 Å². The van der Waals surface area contributed by atoms with E-state index in [4.69, 9.17) is 24.3 Å². The maximum atomic E-state index is 12.6. The van der Waals surface area contributed by atoms with Crippen LogP contribution >= 0.6 is 7.82 Å². The highest BCUT2D eigenvalue weighted by Crippen LogP contribution is 2.43. The lowest BCUT2D eigenvalue weighted by atomic mass is 10.1.